The molecule has 1 fully saturated rings. The quantitative estimate of drug-likeness (QED) is 0.594. The normalized spacial score (nSPS) is 17.1. The van der Waals surface area contributed by atoms with Crippen LogP contribution in [-0.4, -0.2) is 39.2 Å². The first-order valence-corrected chi connectivity index (χ1v) is 10.4. The van der Waals surface area contributed by atoms with Crippen LogP contribution in [0.2, 0.25) is 0 Å². The van der Waals surface area contributed by atoms with Crippen LogP contribution in [0.25, 0.3) is 11.3 Å². The number of nitrogens with zero attached hydrogens (tertiary/aromatic N) is 2. The standard InChI is InChI=1S/C24H28N4O2/c1-16-12-18(13-17(2)23(16)29)14-28-11-3-4-20(15-28)24(30)26-21-7-5-19(6-8-21)22-9-10-25-27-22/h5-10,12-13,20,29H,3-4,11,14-15H2,1-2H3,(H,25,27)(H,26,30). The summed E-state index contributed by atoms with van der Waals surface area (Å²) in [7, 11) is 0. The van der Waals surface area contributed by atoms with Gasteiger partial charge in [-0.05, 0) is 73.7 Å². The number of likely N-dealkylation sites (tertiary alicyclic amines) is 1. The van der Waals surface area contributed by atoms with Gasteiger partial charge in [-0.1, -0.05) is 24.3 Å². The Morgan fingerprint density at radius 3 is 2.60 bits per heavy atom. The minimum absolute atomic E-state index is 0.0228. The van der Waals surface area contributed by atoms with Crippen molar-refractivity contribution in [3.63, 3.8) is 0 Å². The van der Waals surface area contributed by atoms with Gasteiger partial charge in [-0.15, -0.1) is 0 Å². The van der Waals surface area contributed by atoms with E-state index in [-0.39, 0.29) is 11.8 Å². The molecule has 0 radical (unpaired) electrons. The molecule has 1 aliphatic heterocycles. The zero-order valence-electron chi connectivity index (χ0n) is 17.5. The second-order valence-corrected chi connectivity index (χ2v) is 8.19. The molecule has 0 aliphatic carbocycles. The average molecular weight is 405 g/mol. The Labute approximate surface area is 176 Å². The number of phenolic OH excluding ortho intramolecular Hbond substituents is 1. The Kier molecular flexibility index (Phi) is 5.86. The molecule has 6 nitrogen and oxygen atoms in total. The summed E-state index contributed by atoms with van der Waals surface area (Å²) in [4.78, 5) is 15.2. The van der Waals surface area contributed by atoms with Crippen molar-refractivity contribution in [1.29, 1.82) is 0 Å². The number of rotatable bonds is 5. The van der Waals surface area contributed by atoms with Crippen LogP contribution < -0.4 is 5.32 Å². The van der Waals surface area contributed by atoms with Gasteiger partial charge in [0.25, 0.3) is 0 Å². The van der Waals surface area contributed by atoms with Gasteiger partial charge in [-0.25, -0.2) is 0 Å². The number of H-pyrrole nitrogens is 1. The Hall–Kier alpha value is -3.12. The lowest BCUT2D eigenvalue weighted by Gasteiger charge is -2.32. The molecule has 2 aromatic carbocycles. The minimum atomic E-state index is -0.0228. The maximum absolute atomic E-state index is 12.8. The van der Waals surface area contributed by atoms with Crippen molar-refractivity contribution in [3.8, 4) is 17.0 Å². The molecular weight excluding hydrogens is 376 g/mol. The summed E-state index contributed by atoms with van der Waals surface area (Å²) in [6.07, 6.45) is 3.63. The van der Waals surface area contributed by atoms with Crippen LogP contribution in [0.5, 0.6) is 5.75 Å². The molecule has 30 heavy (non-hydrogen) atoms. The van der Waals surface area contributed by atoms with Gasteiger partial charge in [-0.3, -0.25) is 14.8 Å². The van der Waals surface area contributed by atoms with E-state index in [1.165, 1.54) is 5.56 Å². The van der Waals surface area contributed by atoms with Crippen molar-refractivity contribution in [2.75, 3.05) is 18.4 Å². The summed E-state index contributed by atoms with van der Waals surface area (Å²) in [6.45, 7) is 6.38. The number of carbonyl (C=O) groups is 1. The van der Waals surface area contributed by atoms with Crippen molar-refractivity contribution in [1.82, 2.24) is 15.1 Å². The smallest absolute Gasteiger partial charge is 0.228 e. The number of phenols is 1. The van der Waals surface area contributed by atoms with Crippen LogP contribution in [0.15, 0.2) is 48.7 Å². The SMILES string of the molecule is Cc1cc(CN2CCCC(C(=O)Nc3ccc(-c4ccn[nH]4)cc3)C2)cc(C)c1O. The Balaban J connectivity index is 1.36. The van der Waals surface area contributed by atoms with E-state index in [4.69, 9.17) is 0 Å². The third kappa shape index (κ3) is 4.54. The van der Waals surface area contributed by atoms with E-state index in [2.05, 4.69) is 20.4 Å². The number of carbonyl (C=O) groups excluding carboxylic acids is 1. The molecule has 156 valence electrons. The summed E-state index contributed by atoms with van der Waals surface area (Å²) in [6, 6.07) is 13.8. The fourth-order valence-electron chi connectivity index (χ4n) is 4.20. The van der Waals surface area contributed by atoms with Gasteiger partial charge >= 0.3 is 0 Å². The van der Waals surface area contributed by atoms with Gasteiger partial charge in [0.2, 0.25) is 5.91 Å². The molecule has 0 bridgehead atoms. The molecule has 3 aromatic rings. The average Bonchev–Trinajstić information content (AvgIpc) is 3.27. The zero-order valence-corrected chi connectivity index (χ0v) is 17.5. The molecule has 1 unspecified atom stereocenters. The molecule has 1 amide bonds. The number of aryl methyl sites for hydroxylation is 2. The second-order valence-electron chi connectivity index (χ2n) is 8.19. The number of piperidine rings is 1. The maximum atomic E-state index is 12.8. The van der Waals surface area contributed by atoms with E-state index >= 15 is 0 Å². The van der Waals surface area contributed by atoms with E-state index < -0.39 is 0 Å². The Morgan fingerprint density at radius 1 is 1.20 bits per heavy atom. The minimum Gasteiger partial charge on any atom is -0.507 e. The number of aromatic nitrogens is 2. The first kappa shape index (κ1) is 20.2. The fourth-order valence-corrected chi connectivity index (χ4v) is 4.20. The first-order chi connectivity index (χ1) is 14.5. The molecule has 4 rings (SSSR count). The third-order valence-electron chi connectivity index (χ3n) is 5.80. The highest BCUT2D eigenvalue weighted by molar-refractivity contribution is 5.93. The lowest BCUT2D eigenvalue weighted by atomic mass is 9.96. The van der Waals surface area contributed by atoms with Crippen molar-refractivity contribution in [2.45, 2.75) is 33.2 Å². The summed E-state index contributed by atoms with van der Waals surface area (Å²) in [5, 5.41) is 20.0. The molecule has 3 N–H and O–H groups in total. The molecule has 0 spiro atoms. The monoisotopic (exact) mass is 404 g/mol. The molecule has 2 heterocycles. The molecule has 0 saturated carbocycles. The van der Waals surface area contributed by atoms with E-state index in [1.54, 1.807) is 6.20 Å². The van der Waals surface area contributed by atoms with Gasteiger partial charge in [0.05, 0.1) is 11.6 Å². The molecule has 6 heteroatoms. The van der Waals surface area contributed by atoms with Gasteiger partial charge in [0.1, 0.15) is 5.75 Å². The van der Waals surface area contributed by atoms with Gasteiger partial charge in [0, 0.05) is 25.0 Å². The fraction of sp³-hybridized carbons (Fsp3) is 0.333. The van der Waals surface area contributed by atoms with Gasteiger partial charge < -0.3 is 10.4 Å². The predicted octanol–water partition coefficient (Wildman–Crippen LogP) is 4.25. The van der Waals surface area contributed by atoms with Crippen LogP contribution in [0.4, 0.5) is 5.69 Å². The molecule has 1 atom stereocenters. The number of nitrogens with one attached hydrogen (secondary N) is 2. The Morgan fingerprint density at radius 2 is 1.93 bits per heavy atom. The maximum Gasteiger partial charge on any atom is 0.228 e. The van der Waals surface area contributed by atoms with E-state index in [9.17, 15) is 9.90 Å². The van der Waals surface area contributed by atoms with Crippen LogP contribution in [0.1, 0.15) is 29.5 Å². The van der Waals surface area contributed by atoms with Crippen LogP contribution in [0, 0.1) is 19.8 Å². The van der Waals surface area contributed by atoms with Crippen LogP contribution >= 0.6 is 0 Å². The summed E-state index contributed by atoms with van der Waals surface area (Å²) in [5.74, 6) is 0.422. The third-order valence-corrected chi connectivity index (χ3v) is 5.80. The second kappa shape index (κ2) is 8.71. The number of benzene rings is 2. The number of amides is 1. The molecule has 1 aliphatic rings. The number of aromatic hydroxyl groups is 1. The van der Waals surface area contributed by atoms with Crippen LogP contribution in [-0.2, 0) is 11.3 Å². The van der Waals surface area contributed by atoms with Gasteiger partial charge in [0.15, 0.2) is 0 Å². The topological polar surface area (TPSA) is 81.2 Å². The van der Waals surface area contributed by atoms with Crippen molar-refractivity contribution < 1.29 is 9.90 Å². The highest BCUT2D eigenvalue weighted by Gasteiger charge is 2.26. The van der Waals surface area contributed by atoms with E-state index in [0.717, 1.165) is 60.5 Å². The highest BCUT2D eigenvalue weighted by Crippen LogP contribution is 2.26. The summed E-state index contributed by atoms with van der Waals surface area (Å²) in [5.41, 5.74) is 5.78. The number of anilines is 1. The van der Waals surface area contributed by atoms with Crippen LogP contribution in [0.3, 0.4) is 0 Å². The van der Waals surface area contributed by atoms with E-state index in [0.29, 0.717) is 5.75 Å². The van der Waals surface area contributed by atoms with E-state index in [1.807, 2.05) is 56.3 Å². The zero-order chi connectivity index (χ0) is 21.1. The molecule has 1 aromatic heterocycles. The van der Waals surface area contributed by atoms with Crippen molar-refractivity contribution in [2.24, 2.45) is 5.92 Å². The first-order valence-electron chi connectivity index (χ1n) is 10.4. The summed E-state index contributed by atoms with van der Waals surface area (Å²) >= 11 is 0. The van der Waals surface area contributed by atoms with Gasteiger partial charge in [-0.2, -0.15) is 5.10 Å². The number of hydrogen-bond donors (Lipinski definition) is 3. The largest absolute Gasteiger partial charge is 0.507 e. The highest BCUT2D eigenvalue weighted by atomic mass is 16.3. The number of hydrogen-bond acceptors (Lipinski definition) is 4. The Bertz CT molecular complexity index is 989. The predicted molar refractivity (Wildman–Crippen MR) is 118 cm³/mol. The van der Waals surface area contributed by atoms with Crippen molar-refractivity contribution >= 4 is 11.6 Å². The molecular formula is C24H28N4O2. The molecule has 1 saturated heterocycles. The summed E-state index contributed by atoms with van der Waals surface area (Å²) < 4.78 is 0. The lowest BCUT2D eigenvalue weighted by molar-refractivity contribution is -0.121. The lowest BCUT2D eigenvalue weighted by Crippen LogP contribution is -2.40. The van der Waals surface area contributed by atoms with Crippen molar-refractivity contribution in [3.05, 3.63) is 65.4 Å². The number of aromatic amines is 1.